The van der Waals surface area contributed by atoms with Crippen molar-refractivity contribution in [2.75, 3.05) is 20.3 Å². The Bertz CT molecular complexity index is 350. The van der Waals surface area contributed by atoms with Gasteiger partial charge in [0.25, 0.3) is 0 Å². The summed E-state index contributed by atoms with van der Waals surface area (Å²) in [7, 11) is 1.67. The van der Waals surface area contributed by atoms with Gasteiger partial charge in [-0.05, 0) is 24.1 Å². The van der Waals surface area contributed by atoms with Crippen molar-refractivity contribution in [2.24, 2.45) is 5.73 Å². The Labute approximate surface area is 96.0 Å². The zero-order chi connectivity index (χ0) is 10.2. The van der Waals surface area contributed by atoms with Gasteiger partial charge in [-0.25, -0.2) is 0 Å². The van der Waals surface area contributed by atoms with Crippen molar-refractivity contribution in [2.45, 2.75) is 12.5 Å². The number of benzene rings is 1. The fourth-order valence-electron chi connectivity index (χ4n) is 1.62. The van der Waals surface area contributed by atoms with Crippen LogP contribution >= 0.6 is 12.4 Å². The van der Waals surface area contributed by atoms with E-state index in [1.807, 2.05) is 25.1 Å². The molecule has 1 fully saturated rings. The first-order chi connectivity index (χ1) is 6.65. The second-order valence-electron chi connectivity index (χ2n) is 3.83. The predicted molar refractivity (Wildman–Crippen MR) is 61.7 cm³/mol. The highest BCUT2D eigenvalue weighted by Crippen LogP contribution is 2.30. The molecule has 4 heteroatoms. The van der Waals surface area contributed by atoms with E-state index in [0.29, 0.717) is 13.2 Å². The second-order valence-corrected chi connectivity index (χ2v) is 3.83. The van der Waals surface area contributed by atoms with Gasteiger partial charge in [0.05, 0.1) is 25.9 Å². The lowest BCUT2D eigenvalue weighted by atomic mass is 9.88. The van der Waals surface area contributed by atoms with Crippen molar-refractivity contribution in [1.82, 2.24) is 0 Å². The normalized spacial score (nSPS) is 17.5. The van der Waals surface area contributed by atoms with Gasteiger partial charge in [-0.3, -0.25) is 0 Å². The monoisotopic (exact) mass is 229 g/mol. The van der Waals surface area contributed by atoms with Crippen LogP contribution in [-0.2, 0) is 10.3 Å². The smallest absolute Gasteiger partial charge is 0.122 e. The lowest BCUT2D eigenvalue weighted by Crippen LogP contribution is -2.54. The summed E-state index contributed by atoms with van der Waals surface area (Å²) in [5.41, 5.74) is 8.03. The molecule has 3 nitrogen and oxygen atoms in total. The minimum absolute atomic E-state index is 0. The van der Waals surface area contributed by atoms with E-state index in [1.54, 1.807) is 7.11 Å². The fourth-order valence-corrected chi connectivity index (χ4v) is 1.62. The second kappa shape index (κ2) is 4.39. The van der Waals surface area contributed by atoms with Crippen LogP contribution in [0.2, 0.25) is 0 Å². The molecule has 84 valence electrons. The van der Waals surface area contributed by atoms with Gasteiger partial charge in [-0.1, -0.05) is 12.1 Å². The molecule has 0 aliphatic carbocycles. The Morgan fingerprint density at radius 3 is 2.53 bits per heavy atom. The molecule has 1 saturated heterocycles. The number of hydrogen-bond acceptors (Lipinski definition) is 3. The molecule has 0 unspecified atom stereocenters. The third kappa shape index (κ3) is 2.09. The van der Waals surface area contributed by atoms with E-state index in [0.717, 1.165) is 16.9 Å². The third-order valence-corrected chi connectivity index (χ3v) is 2.70. The summed E-state index contributed by atoms with van der Waals surface area (Å²) >= 11 is 0. The van der Waals surface area contributed by atoms with Gasteiger partial charge in [0.2, 0.25) is 0 Å². The van der Waals surface area contributed by atoms with Crippen LogP contribution in [0.15, 0.2) is 18.2 Å². The highest BCUT2D eigenvalue weighted by Gasteiger charge is 2.36. The minimum Gasteiger partial charge on any atom is -0.496 e. The van der Waals surface area contributed by atoms with Gasteiger partial charge in [-0.15, -0.1) is 12.4 Å². The van der Waals surface area contributed by atoms with Gasteiger partial charge in [0.1, 0.15) is 5.75 Å². The molecule has 1 aromatic carbocycles. The van der Waals surface area contributed by atoms with Gasteiger partial charge >= 0.3 is 0 Å². The van der Waals surface area contributed by atoms with Crippen molar-refractivity contribution >= 4 is 12.4 Å². The molecule has 1 aromatic rings. The van der Waals surface area contributed by atoms with Crippen LogP contribution in [0.4, 0.5) is 0 Å². The van der Waals surface area contributed by atoms with Crippen LogP contribution in [0.25, 0.3) is 0 Å². The van der Waals surface area contributed by atoms with E-state index in [9.17, 15) is 0 Å². The van der Waals surface area contributed by atoms with E-state index in [1.165, 1.54) is 0 Å². The molecule has 2 rings (SSSR count). The van der Waals surface area contributed by atoms with Gasteiger partial charge in [0.15, 0.2) is 0 Å². The number of nitrogens with two attached hydrogens (primary N) is 1. The quantitative estimate of drug-likeness (QED) is 0.838. The first-order valence-electron chi connectivity index (χ1n) is 4.67. The molecule has 0 saturated carbocycles. The number of rotatable bonds is 2. The molecular weight excluding hydrogens is 214 g/mol. The molecule has 15 heavy (non-hydrogen) atoms. The van der Waals surface area contributed by atoms with Gasteiger partial charge in [0, 0.05) is 0 Å². The van der Waals surface area contributed by atoms with Gasteiger partial charge < -0.3 is 15.2 Å². The molecule has 1 aliphatic heterocycles. The highest BCUT2D eigenvalue weighted by molar-refractivity contribution is 5.85. The van der Waals surface area contributed by atoms with Crippen molar-refractivity contribution < 1.29 is 9.47 Å². The molecular formula is C11H16ClNO2. The minimum atomic E-state index is -0.305. The van der Waals surface area contributed by atoms with Crippen LogP contribution in [0.5, 0.6) is 5.75 Å². The number of aryl methyl sites for hydroxylation is 1. The molecule has 0 atom stereocenters. The average molecular weight is 230 g/mol. The van der Waals surface area contributed by atoms with E-state index >= 15 is 0 Å². The van der Waals surface area contributed by atoms with Crippen molar-refractivity contribution in [3.8, 4) is 5.75 Å². The van der Waals surface area contributed by atoms with E-state index in [2.05, 4.69) is 0 Å². The molecule has 2 N–H and O–H groups in total. The first-order valence-corrected chi connectivity index (χ1v) is 4.67. The van der Waals surface area contributed by atoms with Crippen LogP contribution in [-0.4, -0.2) is 20.3 Å². The summed E-state index contributed by atoms with van der Waals surface area (Å²) in [6, 6.07) is 6.07. The summed E-state index contributed by atoms with van der Waals surface area (Å²) in [6.45, 7) is 3.21. The molecule has 0 aromatic heterocycles. The van der Waals surface area contributed by atoms with Crippen LogP contribution in [0.3, 0.4) is 0 Å². The fraction of sp³-hybridized carbons (Fsp3) is 0.455. The lowest BCUT2D eigenvalue weighted by Gasteiger charge is -2.38. The van der Waals surface area contributed by atoms with Crippen LogP contribution < -0.4 is 10.5 Å². The number of ether oxygens (including phenoxy) is 2. The van der Waals surface area contributed by atoms with Gasteiger partial charge in [-0.2, -0.15) is 0 Å². The Hall–Kier alpha value is -0.770. The Kier molecular flexibility index (Phi) is 3.60. The number of hydrogen-bond donors (Lipinski definition) is 1. The molecule has 0 bridgehead atoms. The van der Waals surface area contributed by atoms with Crippen LogP contribution in [0.1, 0.15) is 11.1 Å². The van der Waals surface area contributed by atoms with Crippen molar-refractivity contribution in [3.63, 3.8) is 0 Å². The maximum absolute atomic E-state index is 6.12. The zero-order valence-electron chi connectivity index (χ0n) is 8.95. The first kappa shape index (κ1) is 12.3. The summed E-state index contributed by atoms with van der Waals surface area (Å²) in [5.74, 6) is 0.888. The maximum Gasteiger partial charge on any atom is 0.122 e. The Morgan fingerprint density at radius 2 is 2.07 bits per heavy atom. The molecule has 0 radical (unpaired) electrons. The topological polar surface area (TPSA) is 44.5 Å². The van der Waals surface area contributed by atoms with Crippen molar-refractivity contribution in [1.29, 1.82) is 0 Å². The number of methoxy groups -OCH3 is 1. The van der Waals surface area contributed by atoms with Crippen LogP contribution in [0, 0.1) is 6.92 Å². The summed E-state index contributed by atoms with van der Waals surface area (Å²) in [4.78, 5) is 0. The maximum atomic E-state index is 6.12. The standard InChI is InChI=1S/C11H15NO2.ClH/c1-8-3-4-9(5-10(8)13-2)11(12)6-14-7-11;/h3-5H,6-7,12H2,1-2H3;1H. The zero-order valence-corrected chi connectivity index (χ0v) is 9.76. The molecule has 0 spiro atoms. The molecule has 0 amide bonds. The summed E-state index contributed by atoms with van der Waals surface area (Å²) in [5, 5.41) is 0. The highest BCUT2D eigenvalue weighted by atomic mass is 35.5. The van der Waals surface area contributed by atoms with E-state index in [-0.39, 0.29) is 17.9 Å². The number of halogens is 1. The Morgan fingerprint density at radius 1 is 1.40 bits per heavy atom. The largest absolute Gasteiger partial charge is 0.496 e. The summed E-state index contributed by atoms with van der Waals surface area (Å²) in [6.07, 6.45) is 0. The van der Waals surface area contributed by atoms with Crippen molar-refractivity contribution in [3.05, 3.63) is 29.3 Å². The SMILES string of the molecule is COc1cc(C2(N)COC2)ccc1C.Cl. The third-order valence-electron chi connectivity index (χ3n) is 2.70. The van der Waals surface area contributed by atoms with E-state index in [4.69, 9.17) is 15.2 Å². The molecule has 1 aliphatic rings. The predicted octanol–water partition coefficient (Wildman–Crippen LogP) is 1.61. The van der Waals surface area contributed by atoms with E-state index < -0.39 is 0 Å². The average Bonchev–Trinajstić information content (AvgIpc) is 2.15. The lowest BCUT2D eigenvalue weighted by molar-refractivity contribution is -0.0569. The molecule has 1 heterocycles. The summed E-state index contributed by atoms with van der Waals surface area (Å²) < 4.78 is 10.4. The Balaban J connectivity index is 0.00000112.